The molecule has 0 saturated heterocycles. The number of aryl methyl sites for hydroxylation is 1. The van der Waals surface area contributed by atoms with Gasteiger partial charge in [-0.05, 0) is 37.0 Å². The normalized spacial score (nSPS) is 19.0. The zero-order valence-corrected chi connectivity index (χ0v) is 10.9. The number of rotatable bonds is 3. The standard InChI is InChI=1S/C15H19NO2/c1-3-14(15(17)16-2)18-13-9-8-11-6-4-5-7-12(11)10-13/h3-7,13H,8-10H2,1-2H3,(H,16,17)/b14-3+. The van der Waals surface area contributed by atoms with Gasteiger partial charge in [0.25, 0.3) is 5.91 Å². The third-order valence-corrected chi connectivity index (χ3v) is 3.31. The van der Waals surface area contributed by atoms with Crippen molar-refractivity contribution in [2.45, 2.75) is 32.3 Å². The lowest BCUT2D eigenvalue weighted by Gasteiger charge is -2.26. The van der Waals surface area contributed by atoms with Gasteiger partial charge in [0, 0.05) is 13.5 Å². The van der Waals surface area contributed by atoms with Crippen molar-refractivity contribution in [3.8, 4) is 0 Å². The van der Waals surface area contributed by atoms with Crippen LogP contribution < -0.4 is 5.32 Å². The summed E-state index contributed by atoms with van der Waals surface area (Å²) >= 11 is 0. The first-order chi connectivity index (χ1) is 8.74. The first kappa shape index (κ1) is 12.7. The molecular formula is C15H19NO2. The Balaban J connectivity index is 2.03. The van der Waals surface area contributed by atoms with Crippen LogP contribution in [-0.4, -0.2) is 19.1 Å². The van der Waals surface area contributed by atoms with Crippen LogP contribution in [0.2, 0.25) is 0 Å². The molecular weight excluding hydrogens is 226 g/mol. The average Bonchev–Trinajstić information content (AvgIpc) is 2.43. The van der Waals surface area contributed by atoms with Crippen LogP contribution in [0.25, 0.3) is 0 Å². The zero-order chi connectivity index (χ0) is 13.0. The Morgan fingerprint density at radius 3 is 2.78 bits per heavy atom. The van der Waals surface area contributed by atoms with E-state index in [1.807, 2.05) is 6.92 Å². The van der Waals surface area contributed by atoms with Crippen molar-refractivity contribution in [3.05, 3.63) is 47.2 Å². The molecule has 0 aromatic heterocycles. The minimum absolute atomic E-state index is 0.100. The van der Waals surface area contributed by atoms with Crippen LogP contribution >= 0.6 is 0 Å². The van der Waals surface area contributed by atoms with Crippen molar-refractivity contribution in [2.75, 3.05) is 7.05 Å². The van der Waals surface area contributed by atoms with Crippen molar-refractivity contribution in [1.29, 1.82) is 0 Å². The number of fused-ring (bicyclic) bond motifs is 1. The van der Waals surface area contributed by atoms with E-state index in [-0.39, 0.29) is 12.0 Å². The third-order valence-electron chi connectivity index (χ3n) is 3.31. The van der Waals surface area contributed by atoms with Gasteiger partial charge in [0.1, 0.15) is 6.10 Å². The molecule has 1 aromatic rings. The number of carbonyl (C=O) groups is 1. The average molecular weight is 245 g/mol. The van der Waals surface area contributed by atoms with Gasteiger partial charge in [-0.2, -0.15) is 0 Å². The van der Waals surface area contributed by atoms with Gasteiger partial charge in [0.15, 0.2) is 5.76 Å². The quantitative estimate of drug-likeness (QED) is 0.655. The molecule has 1 unspecified atom stereocenters. The molecule has 1 N–H and O–H groups in total. The van der Waals surface area contributed by atoms with E-state index >= 15 is 0 Å². The molecule has 0 fully saturated rings. The second-order valence-electron chi connectivity index (χ2n) is 4.48. The fourth-order valence-corrected chi connectivity index (χ4v) is 2.32. The minimum atomic E-state index is -0.156. The topological polar surface area (TPSA) is 38.3 Å². The van der Waals surface area contributed by atoms with E-state index in [2.05, 4.69) is 29.6 Å². The highest BCUT2D eigenvalue weighted by Crippen LogP contribution is 2.24. The van der Waals surface area contributed by atoms with Crippen LogP contribution in [-0.2, 0) is 22.4 Å². The lowest BCUT2D eigenvalue weighted by molar-refractivity contribution is -0.121. The summed E-state index contributed by atoms with van der Waals surface area (Å²) in [6.45, 7) is 1.82. The summed E-state index contributed by atoms with van der Waals surface area (Å²) in [4.78, 5) is 11.6. The van der Waals surface area contributed by atoms with Crippen LogP contribution in [0, 0.1) is 0 Å². The monoisotopic (exact) mass is 245 g/mol. The summed E-state index contributed by atoms with van der Waals surface area (Å²) in [5.41, 5.74) is 2.74. The molecule has 18 heavy (non-hydrogen) atoms. The van der Waals surface area contributed by atoms with Gasteiger partial charge >= 0.3 is 0 Å². The summed E-state index contributed by atoms with van der Waals surface area (Å²) in [6.07, 6.45) is 4.68. The Hall–Kier alpha value is -1.77. The molecule has 3 heteroatoms. The second-order valence-corrected chi connectivity index (χ2v) is 4.48. The molecule has 1 aliphatic carbocycles. The summed E-state index contributed by atoms with van der Waals surface area (Å²) in [7, 11) is 1.62. The molecule has 0 bridgehead atoms. The van der Waals surface area contributed by atoms with Gasteiger partial charge in [-0.25, -0.2) is 0 Å². The Morgan fingerprint density at radius 1 is 1.39 bits per heavy atom. The number of benzene rings is 1. The smallest absolute Gasteiger partial charge is 0.285 e. The number of hydrogen-bond donors (Lipinski definition) is 1. The van der Waals surface area contributed by atoms with E-state index in [9.17, 15) is 4.79 Å². The highest BCUT2D eigenvalue weighted by atomic mass is 16.5. The van der Waals surface area contributed by atoms with E-state index in [0.717, 1.165) is 19.3 Å². The van der Waals surface area contributed by atoms with Gasteiger partial charge in [-0.15, -0.1) is 0 Å². The van der Waals surface area contributed by atoms with Gasteiger partial charge in [-0.1, -0.05) is 24.3 Å². The van der Waals surface area contributed by atoms with Crippen molar-refractivity contribution in [1.82, 2.24) is 5.32 Å². The Labute approximate surface area is 108 Å². The van der Waals surface area contributed by atoms with Gasteiger partial charge in [0.2, 0.25) is 0 Å². The van der Waals surface area contributed by atoms with Crippen molar-refractivity contribution >= 4 is 5.91 Å². The van der Waals surface area contributed by atoms with Crippen molar-refractivity contribution in [2.24, 2.45) is 0 Å². The van der Waals surface area contributed by atoms with Gasteiger partial charge in [0.05, 0.1) is 0 Å². The zero-order valence-electron chi connectivity index (χ0n) is 10.9. The SMILES string of the molecule is C/C=C(/OC1CCc2ccccc2C1)C(=O)NC. The fourth-order valence-electron chi connectivity index (χ4n) is 2.32. The van der Waals surface area contributed by atoms with Crippen LogP contribution in [0.15, 0.2) is 36.1 Å². The number of ether oxygens (including phenoxy) is 1. The summed E-state index contributed by atoms with van der Waals surface area (Å²) in [6, 6.07) is 8.43. The van der Waals surface area contributed by atoms with Gasteiger partial charge < -0.3 is 10.1 Å². The van der Waals surface area contributed by atoms with E-state index in [1.165, 1.54) is 11.1 Å². The van der Waals surface area contributed by atoms with Gasteiger partial charge in [-0.3, -0.25) is 4.79 Å². The lowest BCUT2D eigenvalue weighted by Crippen LogP contribution is -2.28. The largest absolute Gasteiger partial charge is 0.485 e. The highest BCUT2D eigenvalue weighted by molar-refractivity contribution is 5.91. The van der Waals surface area contributed by atoms with Crippen LogP contribution in [0.4, 0.5) is 0 Å². The lowest BCUT2D eigenvalue weighted by atomic mass is 9.90. The predicted octanol–water partition coefficient (Wildman–Crippen LogP) is 2.21. The Morgan fingerprint density at radius 2 is 2.11 bits per heavy atom. The maximum absolute atomic E-state index is 11.6. The molecule has 1 aromatic carbocycles. The Bertz CT molecular complexity index is 465. The maximum atomic E-state index is 11.6. The van der Waals surface area contributed by atoms with E-state index in [4.69, 9.17) is 4.74 Å². The molecule has 1 atom stereocenters. The number of carbonyl (C=O) groups excluding carboxylic acids is 1. The Kier molecular flexibility index (Phi) is 4.03. The minimum Gasteiger partial charge on any atom is -0.485 e. The molecule has 1 amide bonds. The number of likely N-dealkylation sites (N-methyl/N-ethyl adjacent to an activating group) is 1. The number of allylic oxidation sites excluding steroid dienone is 1. The molecule has 0 radical (unpaired) electrons. The highest BCUT2D eigenvalue weighted by Gasteiger charge is 2.21. The van der Waals surface area contributed by atoms with E-state index < -0.39 is 0 Å². The molecule has 1 aliphatic rings. The van der Waals surface area contributed by atoms with E-state index in [0.29, 0.717) is 5.76 Å². The van der Waals surface area contributed by atoms with E-state index in [1.54, 1.807) is 13.1 Å². The summed E-state index contributed by atoms with van der Waals surface area (Å²) < 4.78 is 5.80. The third kappa shape index (κ3) is 2.73. The first-order valence-corrected chi connectivity index (χ1v) is 6.36. The molecule has 0 aliphatic heterocycles. The molecule has 3 nitrogen and oxygen atoms in total. The number of amides is 1. The van der Waals surface area contributed by atoms with Crippen molar-refractivity contribution in [3.63, 3.8) is 0 Å². The summed E-state index contributed by atoms with van der Waals surface area (Å²) in [5, 5.41) is 2.59. The fraction of sp³-hybridized carbons (Fsp3) is 0.400. The van der Waals surface area contributed by atoms with Crippen LogP contribution in [0.5, 0.6) is 0 Å². The van der Waals surface area contributed by atoms with Crippen LogP contribution in [0.1, 0.15) is 24.5 Å². The molecule has 0 spiro atoms. The molecule has 0 saturated carbocycles. The van der Waals surface area contributed by atoms with Crippen LogP contribution in [0.3, 0.4) is 0 Å². The predicted molar refractivity (Wildman–Crippen MR) is 71.2 cm³/mol. The maximum Gasteiger partial charge on any atom is 0.285 e. The molecule has 2 rings (SSSR count). The molecule has 0 heterocycles. The number of hydrogen-bond acceptors (Lipinski definition) is 2. The molecule has 96 valence electrons. The van der Waals surface area contributed by atoms with Crippen molar-refractivity contribution < 1.29 is 9.53 Å². The second kappa shape index (κ2) is 5.71. The first-order valence-electron chi connectivity index (χ1n) is 6.36. The number of nitrogens with one attached hydrogen (secondary N) is 1. The summed E-state index contributed by atoms with van der Waals surface area (Å²) in [5.74, 6) is 0.262.